The third-order valence-corrected chi connectivity index (χ3v) is 8.91. The monoisotopic (exact) mass is 657 g/mol. The molecule has 0 bridgehead atoms. The van der Waals surface area contributed by atoms with Gasteiger partial charge in [0.05, 0.1) is 40.9 Å². The van der Waals surface area contributed by atoms with Gasteiger partial charge in [0.2, 0.25) is 10.0 Å². The van der Waals surface area contributed by atoms with Crippen LogP contribution in [0.4, 0.5) is 24.5 Å². The summed E-state index contributed by atoms with van der Waals surface area (Å²) < 4.78 is 66.4. The number of alkyl halides is 3. The number of para-hydroxylation sites is 1. The number of hydrogen-bond acceptors (Lipinski definition) is 6. The number of anilines is 2. The molecule has 0 spiro atoms. The first kappa shape index (κ1) is 34.0. The topological polar surface area (TPSA) is 98.7 Å². The van der Waals surface area contributed by atoms with E-state index in [4.69, 9.17) is 0 Å². The van der Waals surface area contributed by atoms with Crippen molar-refractivity contribution >= 4 is 39.1 Å². The van der Waals surface area contributed by atoms with Crippen molar-refractivity contribution in [2.75, 3.05) is 23.4 Å². The lowest BCUT2D eigenvalue weighted by atomic mass is 10.00. The van der Waals surface area contributed by atoms with Crippen molar-refractivity contribution in [3.8, 4) is 0 Å². The second kappa shape index (κ2) is 15.0. The molecule has 0 aliphatic heterocycles. The van der Waals surface area contributed by atoms with Gasteiger partial charge in [0.25, 0.3) is 5.91 Å². The van der Waals surface area contributed by atoms with Gasteiger partial charge in [-0.05, 0) is 54.1 Å². The number of carbonyl (C=O) groups is 1. The Bertz CT molecular complexity index is 1690. The fourth-order valence-corrected chi connectivity index (χ4v) is 6.73. The highest BCUT2D eigenvalue weighted by atomic mass is 32.2. The molecule has 0 fully saturated rings. The van der Waals surface area contributed by atoms with Crippen LogP contribution in [0.1, 0.15) is 27.0 Å². The van der Waals surface area contributed by atoms with Crippen LogP contribution in [0.5, 0.6) is 0 Å². The lowest BCUT2D eigenvalue weighted by Gasteiger charge is -2.27. The van der Waals surface area contributed by atoms with Crippen molar-refractivity contribution in [3.05, 3.63) is 125 Å². The van der Waals surface area contributed by atoms with Gasteiger partial charge in [0, 0.05) is 18.0 Å². The predicted octanol–water partition coefficient (Wildman–Crippen LogP) is 6.02. The zero-order valence-corrected chi connectivity index (χ0v) is 26.3. The molecule has 0 saturated heterocycles. The van der Waals surface area contributed by atoms with Gasteiger partial charge in [0.1, 0.15) is 0 Å². The summed E-state index contributed by atoms with van der Waals surface area (Å²) in [6.07, 6.45) is -2.47. The SMILES string of the molecule is CSc1c(C(=O)N[C@@H](Cc2ccccc2)[C@H](O)CNCc2cccc(C(F)(F)F)c2)cccc1N(c1ccccc1)S(C)(=O)=O. The molecule has 0 aromatic heterocycles. The highest BCUT2D eigenvalue weighted by Crippen LogP contribution is 2.38. The number of rotatable bonds is 13. The third kappa shape index (κ3) is 9.10. The van der Waals surface area contributed by atoms with Crippen LogP contribution in [0, 0.1) is 0 Å². The Morgan fingerprint density at radius 1 is 0.911 bits per heavy atom. The molecule has 4 aromatic rings. The van der Waals surface area contributed by atoms with Gasteiger partial charge < -0.3 is 15.7 Å². The molecule has 4 rings (SSSR count). The van der Waals surface area contributed by atoms with Crippen molar-refractivity contribution in [2.45, 2.75) is 36.2 Å². The molecule has 0 aliphatic rings. The lowest BCUT2D eigenvalue weighted by molar-refractivity contribution is -0.137. The Hall–Kier alpha value is -3.84. The number of sulfonamides is 1. The van der Waals surface area contributed by atoms with Crippen LogP contribution in [0.3, 0.4) is 0 Å². The summed E-state index contributed by atoms with van der Waals surface area (Å²) in [5, 5.41) is 17.1. The van der Waals surface area contributed by atoms with E-state index in [1.54, 1.807) is 60.9 Å². The van der Waals surface area contributed by atoms with Crippen LogP contribution >= 0.6 is 11.8 Å². The molecule has 12 heteroatoms. The predicted molar refractivity (Wildman–Crippen MR) is 172 cm³/mol. The summed E-state index contributed by atoms with van der Waals surface area (Å²) in [5.41, 5.74) is 1.45. The van der Waals surface area contributed by atoms with Gasteiger partial charge in [-0.15, -0.1) is 11.8 Å². The summed E-state index contributed by atoms with van der Waals surface area (Å²) in [4.78, 5) is 14.2. The number of aliphatic hydroxyl groups excluding tert-OH is 1. The molecule has 2 atom stereocenters. The number of nitrogens with one attached hydrogen (secondary N) is 2. The van der Waals surface area contributed by atoms with Gasteiger partial charge in [-0.2, -0.15) is 13.2 Å². The van der Waals surface area contributed by atoms with Crippen molar-refractivity contribution in [1.29, 1.82) is 0 Å². The maximum absolute atomic E-state index is 13.8. The minimum Gasteiger partial charge on any atom is -0.390 e. The molecule has 0 unspecified atom stereocenters. The Morgan fingerprint density at radius 2 is 1.53 bits per heavy atom. The van der Waals surface area contributed by atoms with E-state index in [0.717, 1.165) is 24.0 Å². The first-order chi connectivity index (χ1) is 21.4. The number of benzene rings is 4. The van der Waals surface area contributed by atoms with Gasteiger partial charge in [0.15, 0.2) is 0 Å². The van der Waals surface area contributed by atoms with E-state index in [9.17, 15) is 31.5 Å². The third-order valence-electron chi connectivity index (χ3n) is 7.00. The molecule has 7 nitrogen and oxygen atoms in total. The molecule has 0 aliphatic carbocycles. The Balaban J connectivity index is 1.58. The molecule has 0 radical (unpaired) electrons. The number of nitrogens with zero attached hydrogens (tertiary/aromatic N) is 1. The molecule has 45 heavy (non-hydrogen) atoms. The average molecular weight is 658 g/mol. The normalized spacial score (nSPS) is 13.2. The summed E-state index contributed by atoms with van der Waals surface area (Å²) in [5.74, 6) is -0.513. The number of carbonyl (C=O) groups excluding carboxylic acids is 1. The standard InChI is InChI=1S/C33H34F3N3O4S2/c1-44-31-27(17-10-18-29(31)39(45(2,42)43)26-15-7-4-8-16-26)32(41)38-28(20-23-11-5-3-6-12-23)30(40)22-37-21-24-13-9-14-25(19-24)33(34,35)36/h3-19,28,30,37,40H,20-22H2,1-2H3,(H,38,41)/t28-,30+/m0/s1. The summed E-state index contributed by atoms with van der Waals surface area (Å²) in [6.45, 7) is 0.0613. The first-order valence-corrected chi connectivity index (χ1v) is 17.1. The van der Waals surface area contributed by atoms with Crippen LogP contribution in [-0.4, -0.2) is 50.6 Å². The van der Waals surface area contributed by atoms with Gasteiger partial charge in [-0.25, -0.2) is 12.7 Å². The summed E-state index contributed by atoms with van der Waals surface area (Å²) >= 11 is 1.22. The van der Waals surface area contributed by atoms with E-state index in [0.29, 0.717) is 21.8 Å². The second-order valence-corrected chi connectivity index (χ2v) is 13.0. The first-order valence-electron chi connectivity index (χ1n) is 14.0. The average Bonchev–Trinajstić information content (AvgIpc) is 3.00. The molecular weight excluding hydrogens is 624 g/mol. The maximum Gasteiger partial charge on any atom is 0.416 e. The molecule has 238 valence electrons. The van der Waals surface area contributed by atoms with Crippen molar-refractivity contribution < 1.29 is 31.5 Å². The Kier molecular flexibility index (Phi) is 11.3. The minimum absolute atomic E-state index is 0.0146. The van der Waals surface area contributed by atoms with Gasteiger partial charge in [-0.1, -0.05) is 72.8 Å². The maximum atomic E-state index is 13.8. The summed E-state index contributed by atoms with van der Waals surface area (Å²) in [7, 11) is -3.79. The number of thioether (sulfide) groups is 1. The van der Waals surface area contributed by atoms with Crippen LogP contribution in [0.2, 0.25) is 0 Å². The highest BCUT2D eigenvalue weighted by Gasteiger charge is 2.31. The number of aliphatic hydroxyl groups is 1. The Labute approximate surface area is 265 Å². The quantitative estimate of drug-likeness (QED) is 0.152. The van der Waals surface area contributed by atoms with E-state index >= 15 is 0 Å². The van der Waals surface area contributed by atoms with E-state index in [1.165, 1.54) is 22.1 Å². The molecule has 0 heterocycles. The lowest BCUT2D eigenvalue weighted by Crippen LogP contribution is -2.48. The van der Waals surface area contributed by atoms with E-state index < -0.39 is 39.8 Å². The van der Waals surface area contributed by atoms with Gasteiger partial charge in [-0.3, -0.25) is 4.79 Å². The highest BCUT2D eigenvalue weighted by molar-refractivity contribution is 7.99. The number of halogens is 3. The fraction of sp³-hybridized carbons (Fsp3) is 0.242. The molecule has 0 saturated carbocycles. The minimum atomic E-state index is -4.47. The molecule has 3 N–H and O–H groups in total. The fourth-order valence-electron chi connectivity index (χ4n) is 4.91. The molecule has 4 aromatic carbocycles. The molecule has 1 amide bonds. The molecular formula is C33H34F3N3O4S2. The number of amides is 1. The summed E-state index contributed by atoms with van der Waals surface area (Å²) in [6, 6.07) is 26.8. The Morgan fingerprint density at radius 3 is 2.16 bits per heavy atom. The second-order valence-electron chi connectivity index (χ2n) is 10.4. The van der Waals surface area contributed by atoms with E-state index in [2.05, 4.69) is 10.6 Å². The number of hydrogen-bond donors (Lipinski definition) is 3. The smallest absolute Gasteiger partial charge is 0.390 e. The van der Waals surface area contributed by atoms with Crippen LogP contribution in [0.25, 0.3) is 0 Å². The van der Waals surface area contributed by atoms with Crippen molar-refractivity contribution in [1.82, 2.24) is 10.6 Å². The van der Waals surface area contributed by atoms with Crippen LogP contribution in [0.15, 0.2) is 108 Å². The van der Waals surface area contributed by atoms with E-state index in [-0.39, 0.29) is 25.1 Å². The zero-order valence-electron chi connectivity index (χ0n) is 24.7. The van der Waals surface area contributed by atoms with Crippen LogP contribution in [-0.2, 0) is 29.2 Å². The van der Waals surface area contributed by atoms with Crippen LogP contribution < -0.4 is 14.9 Å². The van der Waals surface area contributed by atoms with Crippen molar-refractivity contribution in [2.24, 2.45) is 0 Å². The van der Waals surface area contributed by atoms with Gasteiger partial charge >= 0.3 is 6.18 Å². The van der Waals surface area contributed by atoms with Crippen molar-refractivity contribution in [3.63, 3.8) is 0 Å². The van der Waals surface area contributed by atoms with E-state index in [1.807, 2.05) is 30.3 Å². The zero-order chi connectivity index (χ0) is 32.6. The largest absolute Gasteiger partial charge is 0.416 e.